The predicted molar refractivity (Wildman–Crippen MR) is 62.8 cm³/mol. The molecule has 1 unspecified atom stereocenters. The van der Waals surface area contributed by atoms with Gasteiger partial charge in [0.2, 0.25) is 5.91 Å². The SMILES string of the molecule is CC(C)C(Br)C(=O)N[C@@H](C)c1ccco1. The summed E-state index contributed by atoms with van der Waals surface area (Å²) >= 11 is 3.36. The van der Waals surface area contributed by atoms with Crippen LogP contribution in [0.1, 0.15) is 32.6 Å². The Morgan fingerprint density at radius 1 is 1.47 bits per heavy atom. The first-order valence-corrected chi connectivity index (χ1v) is 5.91. The standard InChI is InChI=1S/C11H16BrNO2/c1-7(2)10(12)11(14)13-8(3)9-5-4-6-15-9/h4-8,10H,1-3H3,(H,13,14)/t8-,10?/m0/s1. The summed E-state index contributed by atoms with van der Waals surface area (Å²) in [6.07, 6.45) is 1.60. The Hall–Kier alpha value is -0.770. The molecule has 1 aromatic heterocycles. The molecule has 1 rings (SSSR count). The molecular formula is C11H16BrNO2. The Morgan fingerprint density at radius 3 is 2.60 bits per heavy atom. The summed E-state index contributed by atoms with van der Waals surface area (Å²) in [6.45, 7) is 5.89. The summed E-state index contributed by atoms with van der Waals surface area (Å²) in [5.74, 6) is 1.04. The molecule has 84 valence electrons. The largest absolute Gasteiger partial charge is 0.467 e. The molecule has 1 amide bonds. The van der Waals surface area contributed by atoms with E-state index in [2.05, 4.69) is 21.2 Å². The monoisotopic (exact) mass is 273 g/mol. The third-order valence-corrected chi connectivity index (χ3v) is 3.64. The zero-order chi connectivity index (χ0) is 11.4. The summed E-state index contributed by atoms with van der Waals surface area (Å²) < 4.78 is 5.21. The first-order valence-electron chi connectivity index (χ1n) is 5.00. The van der Waals surface area contributed by atoms with Crippen LogP contribution in [-0.4, -0.2) is 10.7 Å². The van der Waals surface area contributed by atoms with E-state index in [0.29, 0.717) is 0 Å². The predicted octanol–water partition coefficient (Wildman–Crippen LogP) is 2.88. The van der Waals surface area contributed by atoms with Crippen molar-refractivity contribution in [1.82, 2.24) is 5.32 Å². The number of halogens is 1. The number of alkyl halides is 1. The second-order valence-corrected chi connectivity index (χ2v) is 4.88. The number of hydrogen-bond acceptors (Lipinski definition) is 2. The van der Waals surface area contributed by atoms with Gasteiger partial charge in [-0.2, -0.15) is 0 Å². The second-order valence-electron chi connectivity index (χ2n) is 3.89. The van der Waals surface area contributed by atoms with Crippen LogP contribution in [0.4, 0.5) is 0 Å². The van der Waals surface area contributed by atoms with Gasteiger partial charge in [-0.15, -0.1) is 0 Å². The molecule has 1 aromatic rings. The number of amides is 1. The number of nitrogens with one attached hydrogen (secondary N) is 1. The lowest BCUT2D eigenvalue weighted by atomic mass is 10.1. The Kier molecular flexibility index (Phi) is 4.39. The van der Waals surface area contributed by atoms with Gasteiger partial charge in [0.05, 0.1) is 17.1 Å². The van der Waals surface area contributed by atoms with Crippen LogP contribution in [0.15, 0.2) is 22.8 Å². The molecule has 2 atom stereocenters. The molecule has 0 saturated carbocycles. The number of carbonyl (C=O) groups excluding carboxylic acids is 1. The summed E-state index contributed by atoms with van der Waals surface area (Å²) in [4.78, 5) is 11.5. The highest BCUT2D eigenvalue weighted by atomic mass is 79.9. The highest BCUT2D eigenvalue weighted by molar-refractivity contribution is 9.10. The molecule has 3 nitrogen and oxygen atoms in total. The van der Waals surface area contributed by atoms with Crippen molar-refractivity contribution in [2.75, 3.05) is 0 Å². The maximum Gasteiger partial charge on any atom is 0.234 e. The second kappa shape index (κ2) is 5.35. The van der Waals surface area contributed by atoms with Gasteiger partial charge >= 0.3 is 0 Å². The van der Waals surface area contributed by atoms with Crippen molar-refractivity contribution in [2.24, 2.45) is 5.92 Å². The van der Waals surface area contributed by atoms with Crippen molar-refractivity contribution in [3.8, 4) is 0 Å². The summed E-state index contributed by atoms with van der Waals surface area (Å²) in [7, 11) is 0. The molecule has 0 aromatic carbocycles. The van der Waals surface area contributed by atoms with Crippen molar-refractivity contribution in [2.45, 2.75) is 31.6 Å². The average Bonchev–Trinajstić information content (AvgIpc) is 2.68. The fourth-order valence-corrected chi connectivity index (χ4v) is 1.34. The van der Waals surface area contributed by atoms with Crippen molar-refractivity contribution >= 4 is 21.8 Å². The topological polar surface area (TPSA) is 42.2 Å². The van der Waals surface area contributed by atoms with E-state index in [9.17, 15) is 4.79 Å². The van der Waals surface area contributed by atoms with Gasteiger partial charge in [-0.1, -0.05) is 29.8 Å². The smallest absolute Gasteiger partial charge is 0.234 e. The molecule has 0 fully saturated rings. The van der Waals surface area contributed by atoms with Gasteiger partial charge in [0.15, 0.2) is 0 Å². The lowest BCUT2D eigenvalue weighted by Gasteiger charge is -2.17. The van der Waals surface area contributed by atoms with Gasteiger partial charge in [0.25, 0.3) is 0 Å². The molecule has 0 bridgehead atoms. The summed E-state index contributed by atoms with van der Waals surface area (Å²) in [6, 6.07) is 3.57. The number of carbonyl (C=O) groups is 1. The lowest BCUT2D eigenvalue weighted by Crippen LogP contribution is -2.35. The first kappa shape index (κ1) is 12.3. The summed E-state index contributed by atoms with van der Waals surface area (Å²) in [5, 5.41) is 2.88. The molecule has 0 aliphatic carbocycles. The highest BCUT2D eigenvalue weighted by Gasteiger charge is 2.21. The maximum absolute atomic E-state index is 11.7. The first-order chi connectivity index (χ1) is 7.02. The van der Waals surface area contributed by atoms with Crippen LogP contribution >= 0.6 is 15.9 Å². The van der Waals surface area contributed by atoms with E-state index in [0.717, 1.165) is 5.76 Å². The Bertz CT molecular complexity index is 308. The number of rotatable bonds is 4. The van der Waals surface area contributed by atoms with Gasteiger partial charge < -0.3 is 9.73 Å². The van der Waals surface area contributed by atoms with Crippen LogP contribution in [0, 0.1) is 5.92 Å². The van der Waals surface area contributed by atoms with E-state index in [-0.39, 0.29) is 22.7 Å². The third kappa shape index (κ3) is 3.38. The van der Waals surface area contributed by atoms with Crippen molar-refractivity contribution in [1.29, 1.82) is 0 Å². The van der Waals surface area contributed by atoms with Crippen LogP contribution in [0.25, 0.3) is 0 Å². The fraction of sp³-hybridized carbons (Fsp3) is 0.545. The molecular weight excluding hydrogens is 258 g/mol. The van der Waals surface area contributed by atoms with Crippen molar-refractivity contribution < 1.29 is 9.21 Å². The minimum Gasteiger partial charge on any atom is -0.467 e. The molecule has 0 saturated heterocycles. The minimum atomic E-state index is -0.157. The zero-order valence-corrected chi connectivity index (χ0v) is 10.7. The van der Waals surface area contributed by atoms with Gasteiger partial charge in [-0.05, 0) is 25.0 Å². The molecule has 1 N–H and O–H groups in total. The zero-order valence-electron chi connectivity index (χ0n) is 9.16. The number of furan rings is 1. The van der Waals surface area contributed by atoms with Crippen molar-refractivity contribution in [3.05, 3.63) is 24.2 Å². The molecule has 1 heterocycles. The third-order valence-electron chi connectivity index (χ3n) is 2.16. The Labute approximate surface area is 98.4 Å². The Balaban J connectivity index is 2.52. The van der Waals surface area contributed by atoms with Crippen LogP contribution < -0.4 is 5.32 Å². The molecule has 0 radical (unpaired) electrons. The summed E-state index contributed by atoms with van der Waals surface area (Å²) in [5.41, 5.74) is 0. The van der Waals surface area contributed by atoms with Gasteiger partial charge in [-0.3, -0.25) is 4.79 Å². The van der Waals surface area contributed by atoms with Gasteiger partial charge in [-0.25, -0.2) is 0 Å². The quantitative estimate of drug-likeness (QED) is 0.858. The van der Waals surface area contributed by atoms with Crippen LogP contribution in [-0.2, 0) is 4.79 Å². The molecule has 15 heavy (non-hydrogen) atoms. The van der Waals surface area contributed by atoms with E-state index in [1.807, 2.05) is 32.9 Å². The van der Waals surface area contributed by atoms with Crippen LogP contribution in [0.3, 0.4) is 0 Å². The molecule has 0 aliphatic heterocycles. The lowest BCUT2D eigenvalue weighted by molar-refractivity contribution is -0.121. The Morgan fingerprint density at radius 2 is 2.13 bits per heavy atom. The van der Waals surface area contributed by atoms with E-state index < -0.39 is 0 Å². The minimum absolute atomic E-state index is 0.00565. The van der Waals surface area contributed by atoms with Gasteiger partial charge in [0, 0.05) is 0 Å². The normalized spacial score (nSPS) is 15.0. The average molecular weight is 274 g/mol. The highest BCUT2D eigenvalue weighted by Crippen LogP contribution is 2.16. The van der Waals surface area contributed by atoms with E-state index in [1.54, 1.807) is 6.26 Å². The van der Waals surface area contributed by atoms with Crippen LogP contribution in [0.5, 0.6) is 0 Å². The fourth-order valence-electron chi connectivity index (χ4n) is 1.20. The van der Waals surface area contributed by atoms with E-state index in [4.69, 9.17) is 4.42 Å². The van der Waals surface area contributed by atoms with Crippen molar-refractivity contribution in [3.63, 3.8) is 0 Å². The maximum atomic E-state index is 11.7. The molecule has 0 spiro atoms. The molecule has 0 aliphatic rings. The van der Waals surface area contributed by atoms with E-state index >= 15 is 0 Å². The number of hydrogen-bond donors (Lipinski definition) is 1. The van der Waals surface area contributed by atoms with Crippen LogP contribution in [0.2, 0.25) is 0 Å². The van der Waals surface area contributed by atoms with Gasteiger partial charge in [0.1, 0.15) is 5.76 Å². The van der Waals surface area contributed by atoms with E-state index in [1.165, 1.54) is 0 Å². The molecule has 4 heteroatoms.